The van der Waals surface area contributed by atoms with E-state index < -0.39 is 6.10 Å². The van der Waals surface area contributed by atoms with Gasteiger partial charge in [-0.2, -0.15) is 0 Å². The van der Waals surface area contributed by atoms with Crippen LogP contribution in [0, 0.1) is 0 Å². The fourth-order valence-corrected chi connectivity index (χ4v) is 7.74. The molecule has 0 aliphatic rings. The summed E-state index contributed by atoms with van der Waals surface area (Å²) >= 11 is 0. The van der Waals surface area contributed by atoms with E-state index in [1.807, 2.05) is 30.4 Å². The highest BCUT2D eigenvalue weighted by molar-refractivity contribution is 5.71. The number of ether oxygens (including phenoxy) is 3. The first-order chi connectivity index (χ1) is 31.5. The van der Waals surface area contributed by atoms with Crippen LogP contribution in [-0.4, -0.2) is 37.2 Å². The molecule has 0 heterocycles. The van der Waals surface area contributed by atoms with Crippen molar-refractivity contribution in [3.8, 4) is 0 Å². The monoisotopic (exact) mass is 895 g/mol. The number of carbonyl (C=O) groups excluding carboxylic acids is 3. The Hall–Kier alpha value is -2.89. The van der Waals surface area contributed by atoms with E-state index in [0.29, 0.717) is 19.3 Å². The average molecular weight is 895 g/mol. The second-order valence-corrected chi connectivity index (χ2v) is 18.2. The molecule has 0 fully saturated rings. The Morgan fingerprint density at radius 1 is 0.328 bits per heavy atom. The minimum atomic E-state index is -0.789. The van der Waals surface area contributed by atoms with Crippen molar-refractivity contribution in [3.05, 3.63) is 60.8 Å². The molecule has 1 atom stereocenters. The van der Waals surface area contributed by atoms with Gasteiger partial charge in [-0.15, -0.1) is 0 Å². The van der Waals surface area contributed by atoms with Crippen LogP contribution in [0.25, 0.3) is 0 Å². The highest BCUT2D eigenvalue weighted by Crippen LogP contribution is 2.16. The first kappa shape index (κ1) is 61.1. The van der Waals surface area contributed by atoms with Crippen molar-refractivity contribution < 1.29 is 28.6 Å². The summed E-state index contributed by atoms with van der Waals surface area (Å²) in [6.07, 6.45) is 64.9. The second kappa shape index (κ2) is 52.7. The summed E-state index contributed by atoms with van der Waals surface area (Å²) < 4.78 is 16.8. The molecule has 0 aliphatic carbocycles. The highest BCUT2D eigenvalue weighted by Gasteiger charge is 2.19. The Bertz CT molecular complexity index is 1170. The van der Waals surface area contributed by atoms with Crippen LogP contribution in [0.5, 0.6) is 0 Å². The third-order valence-corrected chi connectivity index (χ3v) is 11.9. The Kier molecular flexibility index (Phi) is 50.4. The van der Waals surface area contributed by atoms with E-state index >= 15 is 0 Å². The molecule has 64 heavy (non-hydrogen) atoms. The van der Waals surface area contributed by atoms with Crippen molar-refractivity contribution in [1.29, 1.82) is 0 Å². The van der Waals surface area contributed by atoms with Crippen molar-refractivity contribution in [1.82, 2.24) is 0 Å². The topological polar surface area (TPSA) is 78.9 Å². The minimum Gasteiger partial charge on any atom is -0.462 e. The SMILES string of the molecule is CC/C=C/C=C/C=C/C=C/CCCCCC(=O)OCC(COC(=O)CCCCCCCCC/C=C/CCCCCCCC)OC(=O)CCCCCCCCCCCCCCCCCC. The van der Waals surface area contributed by atoms with Gasteiger partial charge in [0.25, 0.3) is 0 Å². The molecule has 0 aromatic heterocycles. The molecule has 0 spiro atoms. The summed E-state index contributed by atoms with van der Waals surface area (Å²) in [6.45, 7) is 6.48. The summed E-state index contributed by atoms with van der Waals surface area (Å²) in [5.41, 5.74) is 0. The zero-order valence-electron chi connectivity index (χ0n) is 42.3. The molecule has 6 heteroatoms. The molecular weight excluding hydrogens is 793 g/mol. The maximum absolute atomic E-state index is 12.8. The van der Waals surface area contributed by atoms with Crippen LogP contribution < -0.4 is 0 Å². The summed E-state index contributed by atoms with van der Waals surface area (Å²) in [4.78, 5) is 38.0. The van der Waals surface area contributed by atoms with Crippen molar-refractivity contribution >= 4 is 17.9 Å². The number of carbonyl (C=O) groups is 3. The number of rotatable bonds is 49. The van der Waals surface area contributed by atoms with Gasteiger partial charge in [-0.3, -0.25) is 14.4 Å². The molecule has 0 saturated heterocycles. The van der Waals surface area contributed by atoms with Crippen LogP contribution in [0.1, 0.15) is 271 Å². The van der Waals surface area contributed by atoms with Gasteiger partial charge >= 0.3 is 17.9 Å². The predicted octanol–water partition coefficient (Wildman–Crippen LogP) is 18.0. The number of esters is 3. The van der Waals surface area contributed by atoms with Crippen LogP contribution in [0.15, 0.2) is 60.8 Å². The summed E-state index contributed by atoms with van der Waals surface area (Å²) in [6, 6.07) is 0. The molecule has 0 aliphatic heterocycles. The average Bonchev–Trinajstić information content (AvgIpc) is 3.29. The lowest BCUT2D eigenvalue weighted by Gasteiger charge is -2.18. The second-order valence-electron chi connectivity index (χ2n) is 18.2. The molecule has 0 amide bonds. The van der Waals surface area contributed by atoms with E-state index in [9.17, 15) is 14.4 Å². The Morgan fingerprint density at radius 2 is 0.625 bits per heavy atom. The summed E-state index contributed by atoms with van der Waals surface area (Å²) in [5, 5.41) is 0. The van der Waals surface area contributed by atoms with Crippen LogP contribution in [0.2, 0.25) is 0 Å². The fourth-order valence-electron chi connectivity index (χ4n) is 7.74. The molecule has 0 N–H and O–H groups in total. The van der Waals surface area contributed by atoms with Crippen molar-refractivity contribution in [2.45, 2.75) is 277 Å². The molecule has 370 valence electrons. The largest absolute Gasteiger partial charge is 0.462 e. The first-order valence-corrected chi connectivity index (χ1v) is 27.3. The van der Waals surface area contributed by atoms with E-state index in [2.05, 4.69) is 51.2 Å². The van der Waals surface area contributed by atoms with Gasteiger partial charge in [0.2, 0.25) is 0 Å². The molecule has 0 rings (SSSR count). The molecule has 0 aromatic carbocycles. The number of hydrogen-bond donors (Lipinski definition) is 0. The normalized spacial score (nSPS) is 12.5. The van der Waals surface area contributed by atoms with E-state index in [1.165, 1.54) is 161 Å². The highest BCUT2D eigenvalue weighted by atomic mass is 16.6. The minimum absolute atomic E-state index is 0.0871. The van der Waals surface area contributed by atoms with E-state index in [0.717, 1.165) is 70.6 Å². The standard InChI is InChI=1S/C58H102O6/c1-4-7-10-13-16-19-22-25-27-29-31-33-36-39-42-45-48-51-57(60)63-54-55(53-62-56(59)50-47-44-41-38-35-32-24-21-18-15-12-9-6-3)64-58(61)52-49-46-43-40-37-34-30-28-26-23-20-17-14-11-8-5-2/h9,12,15,18,21,24-25,27,32,35,55H,4-8,10-11,13-14,16-17,19-20,22-23,26,28-31,33-34,36-54H2,1-3H3/b12-9+,18-15+,24-21+,27-25+,35-32+. The molecule has 0 aromatic rings. The molecule has 0 saturated carbocycles. The van der Waals surface area contributed by atoms with Crippen LogP contribution in [-0.2, 0) is 28.6 Å². The van der Waals surface area contributed by atoms with E-state index in [1.54, 1.807) is 0 Å². The Balaban J connectivity index is 4.40. The quantitative estimate of drug-likeness (QED) is 0.0199. The molecule has 0 bridgehead atoms. The van der Waals surface area contributed by atoms with Gasteiger partial charge < -0.3 is 14.2 Å². The van der Waals surface area contributed by atoms with Crippen LogP contribution in [0.3, 0.4) is 0 Å². The molecule has 1 unspecified atom stereocenters. The zero-order valence-corrected chi connectivity index (χ0v) is 42.3. The summed E-state index contributed by atoms with van der Waals surface area (Å²) in [5.74, 6) is -0.922. The lowest BCUT2D eigenvalue weighted by molar-refractivity contribution is -0.167. The lowest BCUT2D eigenvalue weighted by atomic mass is 10.0. The Labute approximate surface area is 396 Å². The van der Waals surface area contributed by atoms with Gasteiger partial charge in [0, 0.05) is 19.3 Å². The van der Waals surface area contributed by atoms with Gasteiger partial charge in [0.05, 0.1) is 0 Å². The third-order valence-electron chi connectivity index (χ3n) is 11.9. The number of unbranched alkanes of at least 4 members (excludes halogenated alkanes) is 31. The van der Waals surface area contributed by atoms with Gasteiger partial charge in [-0.1, -0.05) is 248 Å². The van der Waals surface area contributed by atoms with Gasteiger partial charge in [0.1, 0.15) is 13.2 Å². The van der Waals surface area contributed by atoms with Crippen molar-refractivity contribution in [2.24, 2.45) is 0 Å². The van der Waals surface area contributed by atoms with Crippen LogP contribution in [0.4, 0.5) is 0 Å². The first-order valence-electron chi connectivity index (χ1n) is 27.3. The fraction of sp³-hybridized carbons (Fsp3) is 0.776. The number of hydrogen-bond acceptors (Lipinski definition) is 6. The van der Waals surface area contributed by atoms with Crippen molar-refractivity contribution in [3.63, 3.8) is 0 Å². The van der Waals surface area contributed by atoms with Crippen LogP contribution >= 0.6 is 0 Å². The molecule has 6 nitrogen and oxygen atoms in total. The predicted molar refractivity (Wildman–Crippen MR) is 275 cm³/mol. The molecular formula is C58H102O6. The smallest absolute Gasteiger partial charge is 0.306 e. The van der Waals surface area contributed by atoms with Gasteiger partial charge in [-0.05, 0) is 64.2 Å². The van der Waals surface area contributed by atoms with Gasteiger partial charge in [-0.25, -0.2) is 0 Å². The van der Waals surface area contributed by atoms with Gasteiger partial charge in [0.15, 0.2) is 6.10 Å². The van der Waals surface area contributed by atoms with Crippen molar-refractivity contribution in [2.75, 3.05) is 13.2 Å². The maximum atomic E-state index is 12.8. The number of allylic oxidation sites excluding steroid dienone is 10. The third kappa shape index (κ3) is 50.1. The maximum Gasteiger partial charge on any atom is 0.306 e. The zero-order chi connectivity index (χ0) is 46.5. The lowest BCUT2D eigenvalue weighted by Crippen LogP contribution is -2.30. The molecule has 0 radical (unpaired) electrons. The summed E-state index contributed by atoms with van der Waals surface area (Å²) in [7, 11) is 0. The van der Waals surface area contributed by atoms with E-state index in [-0.39, 0.29) is 31.1 Å². The van der Waals surface area contributed by atoms with E-state index in [4.69, 9.17) is 14.2 Å². The Morgan fingerprint density at radius 3 is 1.02 bits per heavy atom.